The minimum absolute atomic E-state index is 0.0265. The van der Waals surface area contributed by atoms with Crippen molar-refractivity contribution in [2.24, 2.45) is 5.41 Å². The molecule has 1 saturated heterocycles. The molecule has 134 valence electrons. The van der Waals surface area contributed by atoms with Gasteiger partial charge in [-0.3, -0.25) is 4.90 Å². The van der Waals surface area contributed by atoms with Crippen LogP contribution in [0, 0.1) is 5.41 Å². The lowest BCUT2D eigenvalue weighted by Crippen LogP contribution is -2.56. The van der Waals surface area contributed by atoms with Gasteiger partial charge >= 0.3 is 6.09 Å². The van der Waals surface area contributed by atoms with Gasteiger partial charge in [0.05, 0.1) is 0 Å². The van der Waals surface area contributed by atoms with Crippen molar-refractivity contribution >= 4 is 6.09 Å². The minimum atomic E-state index is -0.442. The first kappa shape index (κ1) is 18.8. The maximum absolute atomic E-state index is 12.4. The Hall–Kier alpha value is -1.55. The second-order valence-corrected chi connectivity index (χ2v) is 8.60. The maximum atomic E-state index is 12.4. The number of likely N-dealkylation sites (tertiary alicyclic amines) is 1. The zero-order valence-corrected chi connectivity index (χ0v) is 16.0. The van der Waals surface area contributed by atoms with Gasteiger partial charge in [-0.05, 0) is 45.2 Å². The van der Waals surface area contributed by atoms with E-state index in [4.69, 9.17) is 4.74 Å². The van der Waals surface area contributed by atoms with Gasteiger partial charge < -0.3 is 9.64 Å². The van der Waals surface area contributed by atoms with E-state index in [1.54, 1.807) is 0 Å². The normalized spacial score (nSPS) is 21.0. The summed E-state index contributed by atoms with van der Waals surface area (Å²) in [5.41, 5.74) is 0.909. The summed E-state index contributed by atoms with van der Waals surface area (Å²) in [6.07, 6.45) is 0.773. The van der Waals surface area contributed by atoms with Gasteiger partial charge in [-0.1, -0.05) is 44.2 Å². The van der Waals surface area contributed by atoms with Crippen molar-refractivity contribution in [1.82, 2.24) is 9.80 Å². The molecule has 2 rings (SSSR count). The Labute approximate surface area is 146 Å². The molecule has 1 heterocycles. The largest absolute Gasteiger partial charge is 0.444 e. The molecule has 4 nitrogen and oxygen atoms in total. The summed E-state index contributed by atoms with van der Waals surface area (Å²) in [6.45, 7) is 12.6. The second kappa shape index (κ2) is 7.14. The van der Waals surface area contributed by atoms with Crippen LogP contribution in [0.4, 0.5) is 4.79 Å². The average Bonchev–Trinajstić information content (AvgIpc) is 2.45. The van der Waals surface area contributed by atoms with Crippen molar-refractivity contribution in [2.75, 3.05) is 20.1 Å². The number of carbonyl (C=O) groups excluding carboxylic acids is 1. The van der Waals surface area contributed by atoms with Gasteiger partial charge in [-0.25, -0.2) is 4.79 Å². The van der Waals surface area contributed by atoms with E-state index in [-0.39, 0.29) is 11.5 Å². The summed E-state index contributed by atoms with van der Waals surface area (Å²) < 4.78 is 5.54. The Bertz CT molecular complexity index is 549. The lowest BCUT2D eigenvalue weighted by atomic mass is 9.78. The molecule has 1 fully saturated rings. The standard InChI is InChI=1S/C20H32N2O2/c1-19(2,3)24-18(23)22-13-12-17(20(4,5)15-22)21(6)14-16-10-8-7-9-11-16/h7-11,17H,12-15H2,1-6H3. The van der Waals surface area contributed by atoms with Crippen LogP contribution in [-0.4, -0.2) is 47.7 Å². The number of ether oxygens (including phenoxy) is 1. The van der Waals surface area contributed by atoms with E-state index < -0.39 is 5.60 Å². The number of hydrogen-bond donors (Lipinski definition) is 0. The van der Waals surface area contributed by atoms with Crippen molar-refractivity contribution in [3.8, 4) is 0 Å². The first-order valence-electron chi connectivity index (χ1n) is 8.80. The molecule has 24 heavy (non-hydrogen) atoms. The van der Waals surface area contributed by atoms with E-state index in [2.05, 4.69) is 50.1 Å². The molecule has 0 radical (unpaired) electrons. The van der Waals surface area contributed by atoms with Gasteiger partial charge in [0.25, 0.3) is 0 Å². The number of nitrogens with zero attached hydrogens (tertiary/aromatic N) is 2. The van der Waals surface area contributed by atoms with Gasteiger partial charge in [0.2, 0.25) is 0 Å². The third-order valence-electron chi connectivity index (χ3n) is 4.63. The van der Waals surface area contributed by atoms with Crippen LogP contribution in [0.3, 0.4) is 0 Å². The molecule has 4 heteroatoms. The number of hydrogen-bond acceptors (Lipinski definition) is 3. The predicted molar refractivity (Wildman–Crippen MR) is 97.9 cm³/mol. The van der Waals surface area contributed by atoms with Crippen molar-refractivity contribution < 1.29 is 9.53 Å². The van der Waals surface area contributed by atoms with Crippen LogP contribution >= 0.6 is 0 Å². The first-order valence-corrected chi connectivity index (χ1v) is 8.80. The topological polar surface area (TPSA) is 32.8 Å². The second-order valence-electron chi connectivity index (χ2n) is 8.60. The Kier molecular flexibility index (Phi) is 5.59. The fourth-order valence-corrected chi connectivity index (χ4v) is 3.63. The number of piperidine rings is 1. The summed E-state index contributed by atoms with van der Waals surface area (Å²) in [4.78, 5) is 16.6. The van der Waals surface area contributed by atoms with E-state index in [0.29, 0.717) is 6.04 Å². The molecule has 1 atom stereocenters. The summed E-state index contributed by atoms with van der Waals surface area (Å²) in [5, 5.41) is 0. The molecule has 1 unspecified atom stereocenters. The average molecular weight is 332 g/mol. The Morgan fingerprint density at radius 1 is 1.29 bits per heavy atom. The molecule has 0 aromatic heterocycles. The third kappa shape index (κ3) is 4.97. The van der Waals surface area contributed by atoms with Gasteiger partial charge in [-0.15, -0.1) is 0 Å². The molecular formula is C20H32N2O2. The van der Waals surface area contributed by atoms with Crippen LogP contribution < -0.4 is 0 Å². The fourth-order valence-electron chi connectivity index (χ4n) is 3.63. The minimum Gasteiger partial charge on any atom is -0.444 e. The van der Waals surface area contributed by atoms with Gasteiger partial charge in [0.1, 0.15) is 5.60 Å². The Morgan fingerprint density at radius 2 is 1.92 bits per heavy atom. The van der Waals surface area contributed by atoms with Gasteiger partial charge in [-0.2, -0.15) is 0 Å². The number of benzene rings is 1. The molecule has 1 aromatic carbocycles. The van der Waals surface area contributed by atoms with Crippen LogP contribution in [0.15, 0.2) is 30.3 Å². The monoisotopic (exact) mass is 332 g/mol. The number of carbonyl (C=O) groups is 1. The molecule has 1 amide bonds. The molecule has 1 aromatic rings. The van der Waals surface area contributed by atoms with E-state index in [9.17, 15) is 4.79 Å². The summed E-state index contributed by atoms with van der Waals surface area (Å²) in [7, 11) is 2.18. The molecule has 0 saturated carbocycles. The fraction of sp³-hybridized carbons (Fsp3) is 0.650. The summed E-state index contributed by atoms with van der Waals surface area (Å²) in [5.74, 6) is 0. The van der Waals surface area contributed by atoms with E-state index in [0.717, 1.165) is 26.1 Å². The SMILES string of the molecule is CN(Cc1ccccc1)C1CCN(C(=O)OC(C)(C)C)CC1(C)C. The molecule has 0 N–H and O–H groups in total. The molecule has 0 spiro atoms. The van der Waals surface area contributed by atoms with Crippen LogP contribution in [0.5, 0.6) is 0 Å². The van der Waals surface area contributed by atoms with Crippen LogP contribution in [-0.2, 0) is 11.3 Å². The van der Waals surface area contributed by atoms with Gasteiger partial charge in [0, 0.05) is 25.7 Å². The maximum Gasteiger partial charge on any atom is 0.410 e. The van der Waals surface area contributed by atoms with E-state index in [1.807, 2.05) is 31.7 Å². The molecule has 1 aliphatic rings. The van der Waals surface area contributed by atoms with Crippen LogP contribution in [0.1, 0.15) is 46.6 Å². The van der Waals surface area contributed by atoms with Crippen molar-refractivity contribution in [2.45, 2.75) is 59.2 Å². The molecule has 0 aliphatic carbocycles. The Morgan fingerprint density at radius 3 is 2.46 bits per heavy atom. The van der Waals surface area contributed by atoms with E-state index >= 15 is 0 Å². The predicted octanol–water partition coefficient (Wildman–Crippen LogP) is 4.15. The van der Waals surface area contributed by atoms with Crippen molar-refractivity contribution in [3.63, 3.8) is 0 Å². The first-order chi connectivity index (χ1) is 11.1. The van der Waals surface area contributed by atoms with Crippen molar-refractivity contribution in [3.05, 3.63) is 35.9 Å². The molecule has 1 aliphatic heterocycles. The quantitative estimate of drug-likeness (QED) is 0.833. The number of amides is 1. The number of rotatable bonds is 3. The van der Waals surface area contributed by atoms with Crippen LogP contribution in [0.25, 0.3) is 0 Å². The summed E-state index contributed by atoms with van der Waals surface area (Å²) >= 11 is 0. The zero-order chi connectivity index (χ0) is 18.0. The highest BCUT2D eigenvalue weighted by Gasteiger charge is 2.40. The smallest absolute Gasteiger partial charge is 0.410 e. The highest BCUT2D eigenvalue weighted by molar-refractivity contribution is 5.68. The zero-order valence-electron chi connectivity index (χ0n) is 16.0. The third-order valence-corrected chi connectivity index (χ3v) is 4.63. The highest BCUT2D eigenvalue weighted by atomic mass is 16.6. The molecular weight excluding hydrogens is 300 g/mol. The Balaban J connectivity index is 1.99. The van der Waals surface area contributed by atoms with Crippen molar-refractivity contribution in [1.29, 1.82) is 0 Å². The lowest BCUT2D eigenvalue weighted by Gasteiger charge is -2.48. The van der Waals surface area contributed by atoms with E-state index in [1.165, 1.54) is 5.56 Å². The highest BCUT2D eigenvalue weighted by Crippen LogP contribution is 2.33. The van der Waals surface area contributed by atoms with Gasteiger partial charge in [0.15, 0.2) is 0 Å². The lowest BCUT2D eigenvalue weighted by molar-refractivity contribution is -0.0164. The molecule has 0 bridgehead atoms. The summed E-state index contributed by atoms with van der Waals surface area (Å²) in [6, 6.07) is 11.0. The van der Waals surface area contributed by atoms with Crippen LogP contribution in [0.2, 0.25) is 0 Å².